The normalized spacial score (nSPS) is 10.1. The molecule has 4 nitrogen and oxygen atoms in total. The first-order valence-electron chi connectivity index (χ1n) is 6.05. The zero-order valence-corrected chi connectivity index (χ0v) is 14.9. The van der Waals surface area contributed by atoms with Crippen molar-refractivity contribution >= 4 is 31.9 Å². The van der Waals surface area contributed by atoms with Crippen molar-refractivity contribution in [3.63, 3.8) is 0 Å². The van der Waals surface area contributed by atoms with Gasteiger partial charge >= 0.3 is 0 Å². The van der Waals surface area contributed by atoms with E-state index in [1.807, 2.05) is 6.92 Å². The molecule has 1 heterocycles. The van der Waals surface area contributed by atoms with Crippen molar-refractivity contribution in [3.05, 3.63) is 44.1 Å². The van der Waals surface area contributed by atoms with E-state index in [4.69, 9.17) is 9.47 Å². The zero-order chi connectivity index (χ0) is 15.6. The van der Waals surface area contributed by atoms with E-state index < -0.39 is 0 Å². The van der Waals surface area contributed by atoms with Gasteiger partial charge in [0.25, 0.3) is 0 Å². The van der Waals surface area contributed by atoms with Gasteiger partial charge in [-0.3, -0.25) is 4.98 Å². The number of hydrogen-bond acceptors (Lipinski definition) is 4. The van der Waals surface area contributed by atoms with Crippen LogP contribution in [-0.4, -0.2) is 12.1 Å². The molecule has 0 aliphatic heterocycles. The number of rotatable bonds is 3. The molecule has 0 aliphatic rings. The molecule has 0 aliphatic carbocycles. The maximum atomic E-state index is 9.26. The quantitative estimate of drug-likeness (QED) is 0.720. The topological polar surface area (TPSA) is 55.1 Å². The summed E-state index contributed by atoms with van der Waals surface area (Å²) in [6.07, 6.45) is 0. The van der Waals surface area contributed by atoms with E-state index in [1.54, 1.807) is 32.2 Å². The van der Waals surface area contributed by atoms with Crippen LogP contribution in [0.15, 0.2) is 27.1 Å². The molecule has 1 aromatic carbocycles. The van der Waals surface area contributed by atoms with Crippen LogP contribution in [0.25, 0.3) is 0 Å². The standard InChI is InChI=1S/C15H12Br2N2O2/c1-8-4-13(10(7-18)9(2)19-8)21-15-6-11(16)14(20-3)5-12(15)17/h4-6H,1-3H3. The minimum absolute atomic E-state index is 0.430. The Morgan fingerprint density at radius 1 is 1.05 bits per heavy atom. The Labute approximate surface area is 140 Å². The lowest BCUT2D eigenvalue weighted by Crippen LogP contribution is -1.97. The smallest absolute Gasteiger partial charge is 0.148 e. The maximum absolute atomic E-state index is 9.26. The number of ether oxygens (including phenoxy) is 2. The minimum Gasteiger partial charge on any atom is -0.496 e. The molecule has 0 radical (unpaired) electrons. The van der Waals surface area contributed by atoms with Crippen molar-refractivity contribution in [3.8, 4) is 23.3 Å². The summed E-state index contributed by atoms with van der Waals surface area (Å²) in [5.74, 6) is 1.77. The van der Waals surface area contributed by atoms with Gasteiger partial charge in [-0.15, -0.1) is 0 Å². The fourth-order valence-corrected chi connectivity index (χ4v) is 2.76. The Morgan fingerprint density at radius 3 is 2.29 bits per heavy atom. The predicted molar refractivity (Wildman–Crippen MR) is 86.9 cm³/mol. The first-order valence-corrected chi connectivity index (χ1v) is 7.64. The van der Waals surface area contributed by atoms with Gasteiger partial charge in [-0.2, -0.15) is 5.26 Å². The van der Waals surface area contributed by atoms with Gasteiger partial charge in [0, 0.05) is 11.8 Å². The van der Waals surface area contributed by atoms with Crippen LogP contribution in [0.5, 0.6) is 17.2 Å². The molecule has 0 spiro atoms. The molecule has 0 saturated heterocycles. The van der Waals surface area contributed by atoms with Crippen molar-refractivity contribution < 1.29 is 9.47 Å². The highest BCUT2D eigenvalue weighted by molar-refractivity contribution is 9.11. The molecular weight excluding hydrogens is 400 g/mol. The lowest BCUT2D eigenvalue weighted by atomic mass is 10.2. The molecule has 2 aromatic rings. The van der Waals surface area contributed by atoms with Crippen LogP contribution in [0.1, 0.15) is 17.0 Å². The van der Waals surface area contributed by atoms with Gasteiger partial charge in [0.1, 0.15) is 28.9 Å². The molecule has 1 aromatic heterocycles. The largest absolute Gasteiger partial charge is 0.496 e. The number of halogens is 2. The summed E-state index contributed by atoms with van der Waals surface area (Å²) in [7, 11) is 1.59. The lowest BCUT2D eigenvalue weighted by molar-refractivity contribution is 0.409. The first kappa shape index (κ1) is 15.8. The number of hydrogen-bond donors (Lipinski definition) is 0. The number of methoxy groups -OCH3 is 1. The fraction of sp³-hybridized carbons (Fsp3) is 0.200. The summed E-state index contributed by atoms with van der Waals surface area (Å²) < 4.78 is 12.6. The van der Waals surface area contributed by atoms with E-state index in [9.17, 15) is 5.26 Å². The van der Waals surface area contributed by atoms with Gasteiger partial charge in [0.15, 0.2) is 0 Å². The number of nitriles is 1. The van der Waals surface area contributed by atoms with E-state index in [0.717, 1.165) is 14.6 Å². The van der Waals surface area contributed by atoms with Crippen molar-refractivity contribution in [1.29, 1.82) is 5.26 Å². The Kier molecular flexibility index (Phi) is 4.86. The van der Waals surface area contributed by atoms with Gasteiger partial charge in [-0.05, 0) is 57.8 Å². The molecule has 21 heavy (non-hydrogen) atoms. The van der Waals surface area contributed by atoms with E-state index in [1.165, 1.54) is 0 Å². The van der Waals surface area contributed by atoms with Crippen LogP contribution in [0.3, 0.4) is 0 Å². The Balaban J connectivity index is 2.48. The number of nitrogens with zero attached hydrogens (tertiary/aromatic N) is 2. The van der Waals surface area contributed by atoms with Crippen LogP contribution < -0.4 is 9.47 Å². The van der Waals surface area contributed by atoms with Crippen molar-refractivity contribution in [2.45, 2.75) is 13.8 Å². The molecule has 0 amide bonds. The van der Waals surface area contributed by atoms with Crippen LogP contribution in [0.4, 0.5) is 0 Å². The van der Waals surface area contributed by atoms with E-state index >= 15 is 0 Å². The third kappa shape index (κ3) is 3.36. The van der Waals surface area contributed by atoms with Gasteiger partial charge in [-0.1, -0.05) is 0 Å². The monoisotopic (exact) mass is 410 g/mol. The zero-order valence-electron chi connectivity index (χ0n) is 11.7. The number of pyridine rings is 1. The highest BCUT2D eigenvalue weighted by atomic mass is 79.9. The average molecular weight is 412 g/mol. The number of aromatic nitrogens is 1. The van der Waals surface area contributed by atoms with Gasteiger partial charge < -0.3 is 9.47 Å². The molecule has 6 heteroatoms. The third-order valence-electron chi connectivity index (χ3n) is 2.83. The second-order valence-electron chi connectivity index (χ2n) is 4.35. The second-order valence-corrected chi connectivity index (χ2v) is 6.06. The fourth-order valence-electron chi connectivity index (χ4n) is 1.87. The van der Waals surface area contributed by atoms with Gasteiger partial charge in [0.05, 0.1) is 21.7 Å². The minimum atomic E-state index is 0.430. The Bertz CT molecular complexity index is 739. The van der Waals surface area contributed by atoms with E-state index in [-0.39, 0.29) is 0 Å². The third-order valence-corrected chi connectivity index (χ3v) is 4.07. The van der Waals surface area contributed by atoms with Crippen LogP contribution in [0.2, 0.25) is 0 Å². The number of aryl methyl sites for hydroxylation is 2. The van der Waals surface area contributed by atoms with Crippen molar-refractivity contribution in [1.82, 2.24) is 4.98 Å². The summed E-state index contributed by atoms with van der Waals surface area (Å²) in [6, 6.07) is 7.46. The summed E-state index contributed by atoms with van der Waals surface area (Å²) in [4.78, 5) is 4.27. The molecular formula is C15H12Br2N2O2. The molecule has 0 unspecified atom stereocenters. The molecule has 2 rings (SSSR count). The van der Waals surface area contributed by atoms with Gasteiger partial charge in [-0.25, -0.2) is 0 Å². The maximum Gasteiger partial charge on any atom is 0.148 e. The lowest BCUT2D eigenvalue weighted by Gasteiger charge is -2.13. The van der Waals surface area contributed by atoms with Crippen LogP contribution in [0, 0.1) is 25.2 Å². The molecule has 0 bridgehead atoms. The van der Waals surface area contributed by atoms with Crippen LogP contribution in [-0.2, 0) is 0 Å². The number of benzene rings is 1. The van der Waals surface area contributed by atoms with Crippen molar-refractivity contribution in [2.75, 3.05) is 7.11 Å². The predicted octanol–water partition coefficient (Wildman–Crippen LogP) is 4.90. The van der Waals surface area contributed by atoms with Crippen molar-refractivity contribution in [2.24, 2.45) is 0 Å². The molecule has 0 saturated carbocycles. The highest BCUT2D eigenvalue weighted by Gasteiger charge is 2.14. The summed E-state index contributed by atoms with van der Waals surface area (Å²) in [5, 5.41) is 9.26. The molecule has 108 valence electrons. The van der Waals surface area contributed by atoms with Gasteiger partial charge in [0.2, 0.25) is 0 Å². The second kappa shape index (κ2) is 6.46. The Morgan fingerprint density at radius 2 is 1.67 bits per heavy atom. The van der Waals surface area contributed by atoms with E-state index in [2.05, 4.69) is 42.9 Å². The molecule has 0 fully saturated rings. The SMILES string of the molecule is COc1cc(Br)c(Oc2cc(C)nc(C)c2C#N)cc1Br. The summed E-state index contributed by atoms with van der Waals surface area (Å²) in [6.45, 7) is 3.65. The summed E-state index contributed by atoms with van der Waals surface area (Å²) in [5.41, 5.74) is 1.88. The Hall–Kier alpha value is -1.58. The summed E-state index contributed by atoms with van der Waals surface area (Å²) >= 11 is 6.85. The molecule has 0 atom stereocenters. The van der Waals surface area contributed by atoms with E-state index in [0.29, 0.717) is 28.5 Å². The highest BCUT2D eigenvalue weighted by Crippen LogP contribution is 2.39. The molecule has 0 N–H and O–H groups in total. The van der Waals surface area contributed by atoms with Crippen LogP contribution >= 0.6 is 31.9 Å². The first-order chi connectivity index (χ1) is 9.96. The average Bonchev–Trinajstić information content (AvgIpc) is 2.42.